The number of ether oxygens (including phenoxy) is 1. The van der Waals surface area contributed by atoms with Crippen molar-refractivity contribution in [3.8, 4) is 0 Å². The summed E-state index contributed by atoms with van der Waals surface area (Å²) in [5.41, 5.74) is 25.8. The van der Waals surface area contributed by atoms with Crippen LogP contribution >= 0.6 is 0 Å². The van der Waals surface area contributed by atoms with Gasteiger partial charge in [-0.1, -0.05) is 146 Å². The lowest BCUT2D eigenvalue weighted by atomic mass is 10.0. The number of benzene rings is 5. The fourth-order valence-corrected chi connectivity index (χ4v) is 35.3. The molecular formula is C49H58OSi2. The zero-order chi connectivity index (χ0) is 37.9. The Morgan fingerprint density at radius 1 is 0.462 bits per heavy atom. The molecule has 6 rings (SSSR count). The lowest BCUT2D eigenvalue weighted by Crippen LogP contribution is -2.90. The van der Waals surface area contributed by atoms with Crippen molar-refractivity contribution < 1.29 is 4.74 Å². The van der Waals surface area contributed by atoms with Crippen LogP contribution in [0.2, 0.25) is 0 Å². The Morgan fingerprint density at radius 3 is 1.12 bits per heavy atom. The van der Waals surface area contributed by atoms with Crippen LogP contribution in [0.3, 0.4) is 0 Å². The van der Waals surface area contributed by atoms with E-state index in [1.807, 2.05) is 7.11 Å². The lowest BCUT2D eigenvalue weighted by molar-refractivity contribution is 0.126. The molecule has 0 fully saturated rings. The van der Waals surface area contributed by atoms with Gasteiger partial charge in [0.1, 0.15) is 7.59 Å². The molecule has 0 spiro atoms. The van der Waals surface area contributed by atoms with Crippen LogP contribution in [-0.4, -0.2) is 28.4 Å². The average molecular weight is 719 g/mol. The fourth-order valence-electron chi connectivity index (χ4n) is 11.2. The van der Waals surface area contributed by atoms with Crippen LogP contribution in [0.25, 0.3) is 0 Å². The third-order valence-corrected chi connectivity index (χ3v) is 29.8. The molecule has 1 aliphatic rings. The summed E-state index contributed by atoms with van der Waals surface area (Å²) in [5.74, 6) is 0. The van der Waals surface area contributed by atoms with Gasteiger partial charge in [-0.15, -0.1) is 5.73 Å². The molecule has 0 radical (unpaired) electrons. The van der Waals surface area contributed by atoms with Crippen molar-refractivity contribution >= 4 is 35.9 Å². The molecule has 0 bridgehead atoms. The van der Waals surface area contributed by atoms with Crippen molar-refractivity contribution in [1.82, 2.24) is 0 Å². The zero-order valence-electron chi connectivity index (χ0n) is 34.1. The number of rotatable bonds is 6. The van der Waals surface area contributed by atoms with E-state index in [-0.39, 0.29) is 11.6 Å². The van der Waals surface area contributed by atoms with E-state index in [0.29, 0.717) is 0 Å². The second-order valence-corrected chi connectivity index (χ2v) is 27.1. The molecule has 268 valence electrons. The van der Waals surface area contributed by atoms with Gasteiger partial charge in [-0.25, -0.2) is 0 Å². The highest BCUT2D eigenvalue weighted by Crippen LogP contribution is 2.45. The first-order valence-electron chi connectivity index (χ1n) is 19.0. The normalized spacial score (nSPS) is 17.9. The van der Waals surface area contributed by atoms with E-state index in [2.05, 4.69) is 180 Å². The Balaban J connectivity index is 2.13. The second kappa shape index (κ2) is 14.1. The molecular weight excluding hydrogens is 661 g/mol. The predicted molar refractivity (Wildman–Crippen MR) is 230 cm³/mol. The van der Waals surface area contributed by atoms with Gasteiger partial charge in [0, 0.05) is 12.7 Å². The van der Waals surface area contributed by atoms with Crippen molar-refractivity contribution in [2.45, 2.75) is 102 Å². The Morgan fingerprint density at radius 2 is 0.788 bits per heavy atom. The second-order valence-electron chi connectivity index (χ2n) is 16.2. The van der Waals surface area contributed by atoms with Crippen LogP contribution < -0.4 is 20.7 Å². The maximum Gasteiger partial charge on any atom is 0.152 e. The largest absolute Gasteiger partial charge is 0.376 e. The van der Waals surface area contributed by atoms with Crippen molar-refractivity contribution in [2.75, 3.05) is 7.11 Å². The minimum absolute atomic E-state index is 0.0528. The predicted octanol–water partition coefficient (Wildman–Crippen LogP) is 9.28. The monoisotopic (exact) mass is 718 g/mol. The molecule has 0 unspecified atom stereocenters. The Bertz CT molecular complexity index is 2060. The molecule has 3 heteroatoms. The Kier molecular flexibility index (Phi) is 10.2. The topological polar surface area (TPSA) is 9.23 Å². The molecule has 0 saturated heterocycles. The molecule has 0 saturated carbocycles. The highest BCUT2D eigenvalue weighted by atomic mass is 29.3. The van der Waals surface area contributed by atoms with E-state index in [1.165, 1.54) is 77.9 Å². The molecule has 0 aliphatic carbocycles. The third-order valence-electron chi connectivity index (χ3n) is 12.0. The van der Waals surface area contributed by atoms with Gasteiger partial charge in [-0.2, -0.15) is 0 Å². The zero-order valence-corrected chi connectivity index (χ0v) is 36.1. The Hall–Kier alpha value is -3.99. The summed E-state index contributed by atoms with van der Waals surface area (Å²) in [6, 6.07) is 31.2. The summed E-state index contributed by atoms with van der Waals surface area (Å²) in [6.45, 7) is 30.5. The third kappa shape index (κ3) is 5.78. The highest BCUT2D eigenvalue weighted by Gasteiger charge is 2.67. The maximum atomic E-state index is 6.92. The van der Waals surface area contributed by atoms with Crippen LogP contribution in [0.15, 0.2) is 95.9 Å². The van der Waals surface area contributed by atoms with Crippen LogP contribution in [0.4, 0.5) is 0 Å². The van der Waals surface area contributed by atoms with Gasteiger partial charge in [0.15, 0.2) is 7.59 Å². The molecule has 2 atom stereocenters. The number of aryl methyl sites for hydroxylation is 12. The van der Waals surface area contributed by atoms with Crippen LogP contribution in [-0.2, 0) is 4.74 Å². The fraction of sp³-hybridized carbons (Fsp3) is 0.327. The quantitative estimate of drug-likeness (QED) is 0.126. The molecule has 52 heavy (non-hydrogen) atoms. The standard InChI is InChI=1S/C49H58OSi2/c1-30-22-35(6)45(36(7)23-30)51(46-37(8)24-31(2)25-38(46)9)21-20-34(5)44(50-14)49(43-18-16-15-17-19-43)52(51,47-39(10)26-32(3)27-40(47)11)48-41(12)28-33(4)29-42(48)13/h15-19,21-29,44,49H,1-14H3/t44-,49+/m0/s1. The van der Waals surface area contributed by atoms with Gasteiger partial charge in [-0.05, 0) is 128 Å². The first-order chi connectivity index (χ1) is 24.6. The highest BCUT2D eigenvalue weighted by molar-refractivity contribution is 7.62. The first-order valence-corrected chi connectivity index (χ1v) is 24.1. The Labute approximate surface area is 316 Å². The molecule has 0 N–H and O–H groups in total. The maximum absolute atomic E-state index is 6.92. The summed E-state index contributed by atoms with van der Waals surface area (Å²) in [4.78, 5) is 0. The van der Waals surface area contributed by atoms with Crippen LogP contribution in [0.1, 0.15) is 84.8 Å². The number of hydrogen-bond donors (Lipinski definition) is 0. The minimum Gasteiger partial charge on any atom is -0.376 e. The summed E-state index contributed by atoms with van der Waals surface area (Å²) < 4.78 is 6.92. The van der Waals surface area contributed by atoms with Crippen LogP contribution in [0, 0.1) is 83.1 Å². The van der Waals surface area contributed by atoms with Gasteiger partial charge in [0.05, 0.1) is 6.10 Å². The molecule has 0 amide bonds. The summed E-state index contributed by atoms with van der Waals surface area (Å²) in [6.07, 6.45) is -0.169. The smallest absolute Gasteiger partial charge is 0.152 e. The SMILES string of the molecule is CO[C@H]1C(C)=C=C[Si](c2c(C)cc(C)cc2C)(c2c(C)cc(C)cc2C)[Si](c2c(C)cc(C)cc2C)(c2c(C)cc(C)cc2C)[C@@H]1c1ccccc1. The summed E-state index contributed by atoms with van der Waals surface area (Å²) in [5, 5.41) is 6.25. The van der Waals surface area contributed by atoms with E-state index in [4.69, 9.17) is 4.74 Å². The van der Waals surface area contributed by atoms with E-state index >= 15 is 0 Å². The molecule has 0 aromatic heterocycles. The van der Waals surface area contributed by atoms with Gasteiger partial charge in [0.2, 0.25) is 0 Å². The van der Waals surface area contributed by atoms with Gasteiger partial charge in [0.25, 0.3) is 0 Å². The average Bonchev–Trinajstić information content (AvgIpc) is 3.13. The summed E-state index contributed by atoms with van der Waals surface area (Å²) >= 11 is 0. The molecule has 5 aromatic carbocycles. The van der Waals surface area contributed by atoms with E-state index < -0.39 is 15.2 Å². The molecule has 5 aromatic rings. The van der Waals surface area contributed by atoms with Gasteiger partial charge >= 0.3 is 0 Å². The van der Waals surface area contributed by atoms with Crippen molar-refractivity contribution in [1.29, 1.82) is 0 Å². The lowest BCUT2D eigenvalue weighted by Gasteiger charge is -2.56. The van der Waals surface area contributed by atoms with E-state index in [0.717, 1.165) is 0 Å². The molecule has 1 nitrogen and oxygen atoms in total. The summed E-state index contributed by atoms with van der Waals surface area (Å²) in [7, 11) is -4.49. The van der Waals surface area contributed by atoms with Crippen LogP contribution in [0.5, 0.6) is 0 Å². The number of hydrogen-bond acceptors (Lipinski definition) is 1. The first kappa shape index (κ1) is 37.8. The van der Waals surface area contributed by atoms with Gasteiger partial charge in [-0.3, -0.25) is 0 Å². The van der Waals surface area contributed by atoms with Crippen molar-refractivity contribution in [3.63, 3.8) is 0 Å². The molecule has 1 aliphatic heterocycles. The van der Waals surface area contributed by atoms with E-state index in [1.54, 1.807) is 20.7 Å². The van der Waals surface area contributed by atoms with Crippen molar-refractivity contribution in [2.24, 2.45) is 0 Å². The number of methoxy groups -OCH3 is 1. The van der Waals surface area contributed by atoms with E-state index in [9.17, 15) is 0 Å². The van der Waals surface area contributed by atoms with Gasteiger partial charge < -0.3 is 4.74 Å². The molecule has 1 heterocycles. The van der Waals surface area contributed by atoms with Crippen molar-refractivity contribution in [3.05, 3.63) is 168 Å². The minimum atomic E-state index is -3.25.